The minimum Gasteiger partial charge on any atom is -0.496 e. The average molecular weight is 394 g/mol. The Morgan fingerprint density at radius 1 is 1.46 bits per heavy atom. The third-order valence-electron chi connectivity index (χ3n) is 3.70. The summed E-state index contributed by atoms with van der Waals surface area (Å²) in [7, 11) is 1.60. The number of carbonyl (C=O) groups excluding carboxylic acids is 1. The summed E-state index contributed by atoms with van der Waals surface area (Å²) in [5.41, 5.74) is 1.96. The smallest absolute Gasteiger partial charge is 0.338 e. The van der Waals surface area contributed by atoms with E-state index in [2.05, 4.69) is 36.8 Å². The minimum absolute atomic E-state index is 0.289. The molecule has 126 valence electrons. The molecule has 3 rings (SSSR count). The van der Waals surface area contributed by atoms with Crippen molar-refractivity contribution in [3.8, 4) is 5.75 Å². The van der Waals surface area contributed by atoms with Gasteiger partial charge in [-0.1, -0.05) is 11.2 Å². The molecule has 1 atom stereocenters. The minimum atomic E-state index is -0.488. The summed E-state index contributed by atoms with van der Waals surface area (Å²) in [4.78, 5) is 12.5. The van der Waals surface area contributed by atoms with Crippen LogP contribution in [0, 0.1) is 0 Å². The maximum atomic E-state index is 12.5. The number of anilines is 1. The fourth-order valence-corrected chi connectivity index (χ4v) is 3.20. The van der Waals surface area contributed by atoms with Crippen LogP contribution >= 0.6 is 15.9 Å². The number of nitrogens with one attached hydrogen (secondary N) is 1. The number of benzene rings is 1. The number of ether oxygens (including phenoxy) is 2. The molecule has 1 aliphatic rings. The highest BCUT2D eigenvalue weighted by Gasteiger charge is 2.35. The Labute approximate surface area is 147 Å². The second-order valence-electron chi connectivity index (χ2n) is 5.13. The van der Waals surface area contributed by atoms with E-state index in [4.69, 9.17) is 9.47 Å². The summed E-state index contributed by atoms with van der Waals surface area (Å²) in [6.07, 6.45) is 0. The van der Waals surface area contributed by atoms with Gasteiger partial charge in [0.05, 0.1) is 23.8 Å². The molecule has 24 heavy (non-hydrogen) atoms. The van der Waals surface area contributed by atoms with Crippen LogP contribution in [0.1, 0.15) is 25.5 Å². The number of nitrogens with zero attached hydrogens (tertiary/aromatic N) is 4. The number of hydrogen-bond acceptors (Lipinski definition) is 7. The molecule has 1 N–H and O–H groups in total. The van der Waals surface area contributed by atoms with Gasteiger partial charge in [-0.25, -0.2) is 4.79 Å². The number of tetrazole rings is 1. The Morgan fingerprint density at radius 2 is 2.25 bits per heavy atom. The summed E-state index contributed by atoms with van der Waals surface area (Å²) < 4.78 is 12.8. The monoisotopic (exact) mass is 393 g/mol. The molecule has 2 aromatic rings. The standard InChI is InChI=1S/C15H16BrN5O3/c1-4-24-14(22)12-8(2)17-15-18-19-20-21(15)13(12)9-5-6-11(23-3)10(16)7-9/h5-7,13H,4H2,1-3H3,(H,17,18,20)/t13-/m0/s1. The lowest BCUT2D eigenvalue weighted by Crippen LogP contribution is -2.29. The SMILES string of the molecule is CCOC(=O)C1=C(C)Nc2nnnn2[C@H]1c1ccc(OC)c(Br)c1. The van der Waals surface area contributed by atoms with Crippen LogP contribution in [0.25, 0.3) is 0 Å². The van der Waals surface area contributed by atoms with Gasteiger partial charge >= 0.3 is 5.97 Å². The van der Waals surface area contributed by atoms with Crippen LogP contribution in [-0.2, 0) is 9.53 Å². The zero-order chi connectivity index (χ0) is 17.3. The summed E-state index contributed by atoms with van der Waals surface area (Å²) in [5.74, 6) is 0.765. The van der Waals surface area contributed by atoms with Crippen LogP contribution in [0.5, 0.6) is 5.75 Å². The van der Waals surface area contributed by atoms with E-state index in [-0.39, 0.29) is 6.61 Å². The van der Waals surface area contributed by atoms with Crippen molar-refractivity contribution in [3.63, 3.8) is 0 Å². The predicted octanol–water partition coefficient (Wildman–Crippen LogP) is 2.30. The van der Waals surface area contributed by atoms with Crippen molar-refractivity contribution in [2.45, 2.75) is 19.9 Å². The Balaban J connectivity index is 2.14. The topological polar surface area (TPSA) is 91.2 Å². The fraction of sp³-hybridized carbons (Fsp3) is 0.333. The molecule has 0 saturated carbocycles. The van der Waals surface area contributed by atoms with Crippen molar-refractivity contribution >= 4 is 27.8 Å². The number of aromatic nitrogens is 4. The predicted molar refractivity (Wildman–Crippen MR) is 89.6 cm³/mol. The lowest BCUT2D eigenvalue weighted by molar-refractivity contribution is -0.139. The third-order valence-corrected chi connectivity index (χ3v) is 4.32. The third kappa shape index (κ3) is 2.75. The van der Waals surface area contributed by atoms with Gasteiger partial charge in [-0.15, -0.1) is 0 Å². The first-order valence-electron chi connectivity index (χ1n) is 7.33. The van der Waals surface area contributed by atoms with Gasteiger partial charge < -0.3 is 14.8 Å². The van der Waals surface area contributed by atoms with Gasteiger partial charge in [0, 0.05) is 5.70 Å². The van der Waals surface area contributed by atoms with E-state index < -0.39 is 12.0 Å². The number of carbonyl (C=O) groups is 1. The van der Waals surface area contributed by atoms with Crippen LogP contribution in [0.2, 0.25) is 0 Å². The number of hydrogen-bond donors (Lipinski definition) is 1. The summed E-state index contributed by atoms with van der Waals surface area (Å²) in [5, 5.41) is 14.7. The molecule has 9 heteroatoms. The maximum Gasteiger partial charge on any atom is 0.338 e. The van der Waals surface area contributed by atoms with Crippen molar-refractivity contribution in [1.82, 2.24) is 20.2 Å². The second-order valence-corrected chi connectivity index (χ2v) is 5.98. The number of esters is 1. The van der Waals surface area contributed by atoms with E-state index in [1.54, 1.807) is 25.6 Å². The van der Waals surface area contributed by atoms with Crippen molar-refractivity contribution in [2.75, 3.05) is 19.0 Å². The Morgan fingerprint density at radius 3 is 2.92 bits per heavy atom. The molecule has 0 bridgehead atoms. The van der Waals surface area contributed by atoms with Gasteiger partial charge in [-0.05, 0) is 57.9 Å². The van der Waals surface area contributed by atoms with Crippen LogP contribution in [-0.4, -0.2) is 39.9 Å². The van der Waals surface area contributed by atoms with Crippen LogP contribution in [0.3, 0.4) is 0 Å². The molecule has 0 amide bonds. The van der Waals surface area contributed by atoms with Gasteiger partial charge in [0.1, 0.15) is 11.8 Å². The molecule has 0 aliphatic carbocycles. The molecule has 0 unspecified atom stereocenters. The van der Waals surface area contributed by atoms with E-state index in [1.165, 1.54) is 0 Å². The number of halogens is 1. The molecule has 1 aliphatic heterocycles. The van der Waals surface area contributed by atoms with Gasteiger partial charge in [-0.2, -0.15) is 4.68 Å². The summed E-state index contributed by atoms with van der Waals surface area (Å²) in [6, 6.07) is 5.09. The van der Waals surface area contributed by atoms with E-state index in [1.807, 2.05) is 18.2 Å². The van der Waals surface area contributed by atoms with Gasteiger partial charge in [0.2, 0.25) is 5.95 Å². The highest BCUT2D eigenvalue weighted by Crippen LogP contribution is 2.37. The first-order valence-corrected chi connectivity index (χ1v) is 8.12. The Hall–Kier alpha value is -2.42. The quantitative estimate of drug-likeness (QED) is 0.796. The Kier molecular flexibility index (Phi) is 4.52. The van der Waals surface area contributed by atoms with Crippen molar-refractivity contribution in [3.05, 3.63) is 39.5 Å². The molecule has 1 aromatic heterocycles. The van der Waals surface area contributed by atoms with Crippen LogP contribution < -0.4 is 10.1 Å². The molecule has 2 heterocycles. The van der Waals surface area contributed by atoms with Gasteiger partial charge in [0.15, 0.2) is 0 Å². The zero-order valence-electron chi connectivity index (χ0n) is 13.4. The van der Waals surface area contributed by atoms with Crippen molar-refractivity contribution < 1.29 is 14.3 Å². The summed E-state index contributed by atoms with van der Waals surface area (Å²) >= 11 is 3.47. The number of allylic oxidation sites excluding steroid dienone is 1. The maximum absolute atomic E-state index is 12.5. The highest BCUT2D eigenvalue weighted by molar-refractivity contribution is 9.10. The largest absolute Gasteiger partial charge is 0.496 e. The number of rotatable bonds is 4. The highest BCUT2D eigenvalue weighted by atomic mass is 79.9. The number of fused-ring (bicyclic) bond motifs is 1. The molecule has 0 spiro atoms. The molecule has 0 radical (unpaired) electrons. The normalized spacial score (nSPS) is 16.4. The van der Waals surface area contributed by atoms with Crippen LogP contribution in [0.4, 0.5) is 5.95 Å². The van der Waals surface area contributed by atoms with Crippen molar-refractivity contribution in [2.24, 2.45) is 0 Å². The second kappa shape index (κ2) is 6.60. The lowest BCUT2D eigenvalue weighted by atomic mass is 9.96. The molecular weight excluding hydrogens is 378 g/mol. The van der Waals surface area contributed by atoms with E-state index in [0.717, 1.165) is 10.0 Å². The zero-order valence-corrected chi connectivity index (χ0v) is 15.0. The summed E-state index contributed by atoms with van der Waals surface area (Å²) in [6.45, 7) is 3.86. The molecule has 0 saturated heterocycles. The first kappa shape index (κ1) is 16.4. The molecule has 0 fully saturated rings. The number of methoxy groups -OCH3 is 1. The van der Waals surface area contributed by atoms with Crippen molar-refractivity contribution in [1.29, 1.82) is 0 Å². The van der Waals surface area contributed by atoms with Gasteiger partial charge in [-0.3, -0.25) is 0 Å². The molecule has 1 aromatic carbocycles. The Bertz CT molecular complexity index is 817. The molecule has 8 nitrogen and oxygen atoms in total. The first-order chi connectivity index (χ1) is 11.6. The fourth-order valence-electron chi connectivity index (χ4n) is 2.65. The lowest BCUT2D eigenvalue weighted by Gasteiger charge is -2.27. The van der Waals surface area contributed by atoms with E-state index in [0.29, 0.717) is 23.0 Å². The van der Waals surface area contributed by atoms with Crippen LogP contribution in [0.15, 0.2) is 33.9 Å². The average Bonchev–Trinajstić information content (AvgIpc) is 3.01. The van der Waals surface area contributed by atoms with Gasteiger partial charge in [0.25, 0.3) is 0 Å². The van der Waals surface area contributed by atoms with E-state index in [9.17, 15) is 4.79 Å². The molecular formula is C15H16BrN5O3. The van der Waals surface area contributed by atoms with E-state index >= 15 is 0 Å².